The lowest BCUT2D eigenvalue weighted by Crippen LogP contribution is -2.12. The molecular formula is C7H12O2. The number of ether oxygens (including phenoxy) is 1. The summed E-state index contributed by atoms with van der Waals surface area (Å²) in [6.07, 6.45) is 4.01. The molecule has 1 N–H and O–H groups in total. The lowest BCUT2D eigenvalue weighted by molar-refractivity contribution is 0.0312. The first-order valence-electron chi connectivity index (χ1n) is 3.25. The molecule has 1 heterocycles. The topological polar surface area (TPSA) is 29.5 Å². The lowest BCUT2D eigenvalue weighted by atomic mass is 10.2. The van der Waals surface area contributed by atoms with Gasteiger partial charge in [-0.3, -0.25) is 0 Å². The molecule has 0 aromatic heterocycles. The van der Waals surface area contributed by atoms with Crippen LogP contribution >= 0.6 is 0 Å². The monoisotopic (exact) mass is 128 g/mol. The largest absolute Gasteiger partial charge is 0.394 e. The van der Waals surface area contributed by atoms with Gasteiger partial charge in [0.15, 0.2) is 0 Å². The van der Waals surface area contributed by atoms with Crippen molar-refractivity contribution >= 4 is 0 Å². The molecule has 0 amide bonds. The van der Waals surface area contributed by atoms with E-state index >= 15 is 0 Å². The van der Waals surface area contributed by atoms with Crippen LogP contribution in [0.25, 0.3) is 0 Å². The van der Waals surface area contributed by atoms with Crippen LogP contribution in [0.1, 0.15) is 12.8 Å². The molecule has 0 saturated carbocycles. The molecule has 52 valence electrons. The minimum Gasteiger partial charge on any atom is -0.394 e. The average Bonchev–Trinajstić information content (AvgIpc) is 2.34. The fourth-order valence-electron chi connectivity index (χ4n) is 1.04. The molecule has 0 aromatic carbocycles. The Balaban J connectivity index is 2.28. The van der Waals surface area contributed by atoms with Gasteiger partial charge in [-0.2, -0.15) is 0 Å². The normalized spacial score (nSPS) is 34.8. The summed E-state index contributed by atoms with van der Waals surface area (Å²) in [6.45, 7) is 3.75. The van der Waals surface area contributed by atoms with Crippen molar-refractivity contribution in [1.82, 2.24) is 0 Å². The molecule has 0 aromatic rings. The van der Waals surface area contributed by atoms with E-state index in [1.807, 2.05) is 0 Å². The molecule has 0 unspecified atom stereocenters. The van der Waals surface area contributed by atoms with Gasteiger partial charge in [-0.25, -0.2) is 0 Å². The number of hydrogen-bond donors (Lipinski definition) is 1. The number of hydrogen-bond acceptors (Lipinski definition) is 2. The van der Waals surface area contributed by atoms with Gasteiger partial charge in [-0.15, -0.1) is 6.58 Å². The molecule has 2 nitrogen and oxygen atoms in total. The Kier molecular flexibility index (Phi) is 2.25. The quantitative estimate of drug-likeness (QED) is 0.555. The van der Waals surface area contributed by atoms with E-state index in [2.05, 4.69) is 6.58 Å². The highest BCUT2D eigenvalue weighted by atomic mass is 16.5. The Hall–Kier alpha value is -0.340. The second-order valence-electron chi connectivity index (χ2n) is 2.29. The second-order valence-corrected chi connectivity index (χ2v) is 2.29. The van der Waals surface area contributed by atoms with Crippen molar-refractivity contribution in [2.24, 2.45) is 0 Å². The highest BCUT2D eigenvalue weighted by Crippen LogP contribution is 2.19. The molecule has 9 heavy (non-hydrogen) atoms. The third kappa shape index (κ3) is 1.53. The maximum atomic E-state index is 8.62. The van der Waals surface area contributed by atoms with Crippen LogP contribution in [0.4, 0.5) is 0 Å². The zero-order chi connectivity index (χ0) is 6.69. The van der Waals surface area contributed by atoms with Gasteiger partial charge in [-0.05, 0) is 12.8 Å². The fourth-order valence-corrected chi connectivity index (χ4v) is 1.04. The van der Waals surface area contributed by atoms with Crippen LogP contribution in [0.5, 0.6) is 0 Å². The number of rotatable bonds is 2. The zero-order valence-corrected chi connectivity index (χ0v) is 5.42. The van der Waals surface area contributed by atoms with E-state index in [9.17, 15) is 0 Å². The molecule has 2 atom stereocenters. The van der Waals surface area contributed by atoms with Crippen molar-refractivity contribution in [1.29, 1.82) is 0 Å². The van der Waals surface area contributed by atoms with E-state index in [1.54, 1.807) is 6.08 Å². The van der Waals surface area contributed by atoms with E-state index in [4.69, 9.17) is 9.84 Å². The van der Waals surface area contributed by atoms with Crippen LogP contribution in [0.3, 0.4) is 0 Å². The Morgan fingerprint density at radius 3 is 2.78 bits per heavy atom. The van der Waals surface area contributed by atoms with Gasteiger partial charge in [-0.1, -0.05) is 6.08 Å². The molecule has 2 heteroatoms. The van der Waals surface area contributed by atoms with Crippen molar-refractivity contribution < 1.29 is 9.84 Å². The molecule has 1 fully saturated rings. The summed E-state index contributed by atoms with van der Waals surface area (Å²) in [5, 5.41) is 8.62. The molecule has 0 spiro atoms. The number of aliphatic hydroxyl groups is 1. The molecule has 1 aliphatic rings. The molecule has 0 radical (unpaired) electrons. The summed E-state index contributed by atoms with van der Waals surface area (Å²) in [5.41, 5.74) is 0. The van der Waals surface area contributed by atoms with E-state index in [1.165, 1.54) is 0 Å². The molecule has 0 bridgehead atoms. The summed E-state index contributed by atoms with van der Waals surface area (Å²) in [5.74, 6) is 0. The Morgan fingerprint density at radius 2 is 2.44 bits per heavy atom. The van der Waals surface area contributed by atoms with Crippen molar-refractivity contribution in [2.75, 3.05) is 6.61 Å². The Labute approximate surface area is 55.1 Å². The van der Waals surface area contributed by atoms with Crippen LogP contribution in [0.2, 0.25) is 0 Å². The van der Waals surface area contributed by atoms with Gasteiger partial charge >= 0.3 is 0 Å². The van der Waals surface area contributed by atoms with Gasteiger partial charge in [0.1, 0.15) is 0 Å². The van der Waals surface area contributed by atoms with Gasteiger partial charge in [0.2, 0.25) is 0 Å². The lowest BCUT2D eigenvalue weighted by Gasteiger charge is -2.05. The predicted octanol–water partition coefficient (Wildman–Crippen LogP) is 0.712. The summed E-state index contributed by atoms with van der Waals surface area (Å²) in [7, 11) is 0. The Bertz CT molecular complexity index is 101. The van der Waals surface area contributed by atoms with Crippen molar-refractivity contribution in [2.45, 2.75) is 25.0 Å². The van der Waals surface area contributed by atoms with E-state index in [-0.39, 0.29) is 18.8 Å². The minimum atomic E-state index is 0.0630. The first-order chi connectivity index (χ1) is 4.36. The predicted molar refractivity (Wildman–Crippen MR) is 35.2 cm³/mol. The van der Waals surface area contributed by atoms with Crippen molar-refractivity contribution in [3.63, 3.8) is 0 Å². The fraction of sp³-hybridized carbons (Fsp3) is 0.714. The van der Waals surface area contributed by atoms with Crippen LogP contribution in [0, 0.1) is 0 Å². The first-order valence-corrected chi connectivity index (χ1v) is 3.25. The summed E-state index contributed by atoms with van der Waals surface area (Å²) in [4.78, 5) is 0. The summed E-state index contributed by atoms with van der Waals surface area (Å²) >= 11 is 0. The third-order valence-electron chi connectivity index (χ3n) is 1.61. The summed E-state index contributed by atoms with van der Waals surface area (Å²) in [6, 6.07) is 0. The van der Waals surface area contributed by atoms with Crippen LogP contribution < -0.4 is 0 Å². The summed E-state index contributed by atoms with van der Waals surface area (Å²) < 4.78 is 5.29. The van der Waals surface area contributed by atoms with Gasteiger partial charge < -0.3 is 9.84 Å². The molecular weight excluding hydrogens is 116 g/mol. The molecule has 1 aliphatic heterocycles. The Morgan fingerprint density at radius 1 is 1.67 bits per heavy atom. The standard InChI is InChI=1S/C7H12O2/c1-2-6-3-4-7(5-8)9-6/h2,6-8H,1,3-5H2/t6-,7+/m1/s1. The van der Waals surface area contributed by atoms with Gasteiger partial charge in [0.25, 0.3) is 0 Å². The van der Waals surface area contributed by atoms with E-state index < -0.39 is 0 Å². The highest BCUT2D eigenvalue weighted by Gasteiger charge is 2.21. The third-order valence-corrected chi connectivity index (χ3v) is 1.61. The van der Waals surface area contributed by atoms with Crippen molar-refractivity contribution in [3.05, 3.63) is 12.7 Å². The van der Waals surface area contributed by atoms with Crippen molar-refractivity contribution in [3.8, 4) is 0 Å². The maximum Gasteiger partial charge on any atom is 0.0814 e. The smallest absolute Gasteiger partial charge is 0.0814 e. The number of aliphatic hydroxyl groups excluding tert-OH is 1. The van der Waals surface area contributed by atoms with E-state index in [0.717, 1.165) is 12.8 Å². The molecule has 1 rings (SSSR count). The SMILES string of the molecule is C=C[C@@H]1CC[C@@H](CO)O1. The average molecular weight is 128 g/mol. The minimum absolute atomic E-state index is 0.0630. The van der Waals surface area contributed by atoms with Gasteiger partial charge in [0, 0.05) is 0 Å². The van der Waals surface area contributed by atoms with Crippen LogP contribution in [0.15, 0.2) is 12.7 Å². The van der Waals surface area contributed by atoms with Crippen LogP contribution in [-0.2, 0) is 4.74 Å². The van der Waals surface area contributed by atoms with Gasteiger partial charge in [0.05, 0.1) is 18.8 Å². The molecule has 1 saturated heterocycles. The molecule has 0 aliphatic carbocycles. The van der Waals surface area contributed by atoms with E-state index in [0.29, 0.717) is 0 Å². The zero-order valence-electron chi connectivity index (χ0n) is 5.42. The second kappa shape index (κ2) is 2.99. The van der Waals surface area contributed by atoms with Crippen LogP contribution in [-0.4, -0.2) is 23.9 Å². The highest BCUT2D eigenvalue weighted by molar-refractivity contribution is 4.86. The first kappa shape index (κ1) is 6.78. The maximum absolute atomic E-state index is 8.62.